The Balaban J connectivity index is 2.32. The molecule has 0 radical (unpaired) electrons. The van der Waals surface area contributed by atoms with Gasteiger partial charge in [-0.1, -0.05) is 18.5 Å². The van der Waals surface area contributed by atoms with E-state index in [1.165, 1.54) is 6.20 Å². The lowest BCUT2D eigenvalue weighted by Crippen LogP contribution is -2.39. The fraction of sp³-hybridized carbons (Fsp3) is 0.538. The van der Waals surface area contributed by atoms with Crippen LogP contribution in [-0.2, 0) is 0 Å². The minimum Gasteiger partial charge on any atom is -0.384 e. The van der Waals surface area contributed by atoms with Crippen LogP contribution in [0.1, 0.15) is 43.5 Å². The molecule has 1 aliphatic rings. The van der Waals surface area contributed by atoms with E-state index in [1.807, 2.05) is 4.90 Å². The third-order valence-electron chi connectivity index (χ3n) is 3.60. The number of aromatic nitrogens is 1. The zero-order valence-electron chi connectivity index (χ0n) is 10.7. The molecule has 5 heteroatoms. The summed E-state index contributed by atoms with van der Waals surface area (Å²) in [5.74, 6) is 0.286. The second-order valence-electron chi connectivity index (χ2n) is 4.79. The van der Waals surface area contributed by atoms with Crippen molar-refractivity contribution < 1.29 is 4.79 Å². The number of halogens is 1. The highest BCUT2D eigenvalue weighted by atomic mass is 35.5. The van der Waals surface area contributed by atoms with Crippen LogP contribution in [0.3, 0.4) is 0 Å². The maximum absolute atomic E-state index is 12.6. The van der Waals surface area contributed by atoms with Gasteiger partial charge in [-0.15, -0.1) is 0 Å². The molecular formula is C13H18ClN3O. The molecule has 0 bridgehead atoms. The molecule has 1 aromatic heterocycles. The van der Waals surface area contributed by atoms with Gasteiger partial charge in [-0.25, -0.2) is 4.98 Å². The zero-order valence-corrected chi connectivity index (χ0v) is 11.4. The van der Waals surface area contributed by atoms with Gasteiger partial charge in [-0.3, -0.25) is 4.79 Å². The number of carbonyl (C=O) groups excluding carboxylic acids is 1. The van der Waals surface area contributed by atoms with Crippen LogP contribution in [0.2, 0.25) is 5.02 Å². The third kappa shape index (κ3) is 2.29. The van der Waals surface area contributed by atoms with Crippen molar-refractivity contribution in [1.82, 2.24) is 9.88 Å². The SMILES string of the molecule is CCC1CCC(C)N1C(=O)c1cc(N)ncc1Cl. The zero-order chi connectivity index (χ0) is 13.3. The van der Waals surface area contributed by atoms with Crippen molar-refractivity contribution in [3.8, 4) is 0 Å². The average Bonchev–Trinajstić information content (AvgIpc) is 2.72. The van der Waals surface area contributed by atoms with Crippen molar-refractivity contribution in [2.24, 2.45) is 0 Å². The van der Waals surface area contributed by atoms with E-state index in [0.29, 0.717) is 22.4 Å². The minimum atomic E-state index is -0.0362. The predicted molar refractivity (Wildman–Crippen MR) is 72.6 cm³/mol. The van der Waals surface area contributed by atoms with Gasteiger partial charge in [0.05, 0.1) is 10.6 Å². The van der Waals surface area contributed by atoms with Crippen LogP contribution in [0.25, 0.3) is 0 Å². The van der Waals surface area contributed by atoms with E-state index < -0.39 is 0 Å². The van der Waals surface area contributed by atoms with Gasteiger partial charge in [0.2, 0.25) is 0 Å². The molecule has 0 spiro atoms. The molecule has 98 valence electrons. The molecule has 2 unspecified atom stereocenters. The first kappa shape index (κ1) is 13.1. The number of pyridine rings is 1. The van der Waals surface area contributed by atoms with Gasteiger partial charge in [-0.05, 0) is 32.3 Å². The van der Waals surface area contributed by atoms with Crippen LogP contribution in [0.5, 0.6) is 0 Å². The summed E-state index contributed by atoms with van der Waals surface area (Å²) in [4.78, 5) is 18.4. The van der Waals surface area contributed by atoms with E-state index in [-0.39, 0.29) is 11.9 Å². The van der Waals surface area contributed by atoms with E-state index in [0.717, 1.165) is 19.3 Å². The molecule has 1 aliphatic heterocycles. The summed E-state index contributed by atoms with van der Waals surface area (Å²) in [7, 11) is 0. The summed E-state index contributed by atoms with van der Waals surface area (Å²) in [6, 6.07) is 2.12. The molecule has 2 rings (SSSR count). The normalized spacial score (nSPS) is 23.4. The van der Waals surface area contributed by atoms with Crippen LogP contribution in [0.4, 0.5) is 5.82 Å². The highest BCUT2D eigenvalue weighted by Gasteiger charge is 2.34. The van der Waals surface area contributed by atoms with E-state index in [1.54, 1.807) is 6.07 Å². The predicted octanol–water partition coefficient (Wildman–Crippen LogP) is 2.72. The van der Waals surface area contributed by atoms with Gasteiger partial charge in [-0.2, -0.15) is 0 Å². The standard InChI is InChI=1S/C13H18ClN3O/c1-3-9-5-4-8(2)17(9)13(18)10-6-12(15)16-7-11(10)14/h6-9H,3-5H2,1-2H3,(H2,15,16). The summed E-state index contributed by atoms with van der Waals surface area (Å²) in [5, 5.41) is 0.364. The van der Waals surface area contributed by atoms with Gasteiger partial charge in [0.1, 0.15) is 5.82 Å². The summed E-state index contributed by atoms with van der Waals surface area (Å²) < 4.78 is 0. The molecule has 18 heavy (non-hydrogen) atoms. The van der Waals surface area contributed by atoms with Gasteiger partial charge in [0.25, 0.3) is 5.91 Å². The molecule has 0 saturated carbocycles. The molecule has 1 saturated heterocycles. The maximum Gasteiger partial charge on any atom is 0.256 e. The second kappa shape index (κ2) is 5.14. The number of amides is 1. The summed E-state index contributed by atoms with van der Waals surface area (Å²) in [5.41, 5.74) is 6.08. The number of hydrogen-bond donors (Lipinski definition) is 1. The smallest absolute Gasteiger partial charge is 0.256 e. The largest absolute Gasteiger partial charge is 0.384 e. The Morgan fingerprint density at radius 2 is 2.33 bits per heavy atom. The Kier molecular flexibility index (Phi) is 3.76. The number of nitrogen functional groups attached to an aromatic ring is 1. The summed E-state index contributed by atoms with van der Waals surface area (Å²) in [6.07, 6.45) is 4.50. The monoisotopic (exact) mass is 267 g/mol. The molecule has 2 N–H and O–H groups in total. The Morgan fingerprint density at radius 1 is 1.61 bits per heavy atom. The Hall–Kier alpha value is -1.29. The van der Waals surface area contributed by atoms with Crippen LogP contribution >= 0.6 is 11.6 Å². The van der Waals surface area contributed by atoms with Crippen molar-refractivity contribution >= 4 is 23.3 Å². The number of carbonyl (C=O) groups is 1. The van der Waals surface area contributed by atoms with Crippen molar-refractivity contribution in [2.75, 3.05) is 5.73 Å². The highest BCUT2D eigenvalue weighted by Crippen LogP contribution is 2.29. The Labute approximate surface area is 112 Å². The highest BCUT2D eigenvalue weighted by molar-refractivity contribution is 6.33. The molecular weight excluding hydrogens is 250 g/mol. The lowest BCUT2D eigenvalue weighted by Gasteiger charge is -2.28. The molecule has 0 aliphatic carbocycles. The van der Waals surface area contributed by atoms with E-state index in [4.69, 9.17) is 17.3 Å². The molecule has 1 aromatic rings. The first-order chi connectivity index (χ1) is 8.54. The number of hydrogen-bond acceptors (Lipinski definition) is 3. The average molecular weight is 268 g/mol. The van der Waals surface area contributed by atoms with Gasteiger partial charge >= 0.3 is 0 Å². The first-order valence-corrected chi connectivity index (χ1v) is 6.66. The lowest BCUT2D eigenvalue weighted by atomic mass is 10.1. The molecule has 1 fully saturated rings. The van der Waals surface area contributed by atoms with Crippen molar-refractivity contribution in [2.45, 2.75) is 45.2 Å². The van der Waals surface area contributed by atoms with E-state index in [2.05, 4.69) is 18.8 Å². The number of anilines is 1. The lowest BCUT2D eigenvalue weighted by molar-refractivity contribution is 0.0676. The number of likely N-dealkylation sites (tertiary alicyclic amines) is 1. The van der Waals surface area contributed by atoms with Gasteiger partial charge in [0, 0.05) is 18.3 Å². The molecule has 4 nitrogen and oxygen atoms in total. The van der Waals surface area contributed by atoms with E-state index in [9.17, 15) is 4.79 Å². The third-order valence-corrected chi connectivity index (χ3v) is 3.90. The summed E-state index contributed by atoms with van der Waals surface area (Å²) >= 11 is 6.04. The molecule has 1 amide bonds. The molecule has 2 heterocycles. The van der Waals surface area contributed by atoms with Crippen LogP contribution in [0.15, 0.2) is 12.3 Å². The fourth-order valence-corrected chi connectivity index (χ4v) is 2.78. The van der Waals surface area contributed by atoms with Gasteiger partial charge in [0.15, 0.2) is 0 Å². The Morgan fingerprint density at radius 3 is 3.00 bits per heavy atom. The topological polar surface area (TPSA) is 59.2 Å². The van der Waals surface area contributed by atoms with Crippen molar-refractivity contribution in [1.29, 1.82) is 0 Å². The quantitative estimate of drug-likeness (QED) is 0.896. The van der Waals surface area contributed by atoms with Crippen molar-refractivity contribution in [3.63, 3.8) is 0 Å². The maximum atomic E-state index is 12.6. The molecule has 2 atom stereocenters. The van der Waals surface area contributed by atoms with Gasteiger partial charge < -0.3 is 10.6 Å². The fourth-order valence-electron chi connectivity index (χ4n) is 2.60. The Bertz CT molecular complexity index is 464. The molecule has 0 aromatic carbocycles. The summed E-state index contributed by atoms with van der Waals surface area (Å²) in [6.45, 7) is 4.18. The van der Waals surface area contributed by atoms with Crippen LogP contribution < -0.4 is 5.73 Å². The number of nitrogens with two attached hydrogens (primary N) is 1. The van der Waals surface area contributed by atoms with Crippen molar-refractivity contribution in [3.05, 3.63) is 22.8 Å². The number of nitrogens with zero attached hydrogens (tertiary/aromatic N) is 2. The van der Waals surface area contributed by atoms with Crippen LogP contribution in [0, 0.1) is 0 Å². The van der Waals surface area contributed by atoms with Crippen LogP contribution in [-0.4, -0.2) is 27.9 Å². The van der Waals surface area contributed by atoms with E-state index >= 15 is 0 Å². The second-order valence-corrected chi connectivity index (χ2v) is 5.20. The first-order valence-electron chi connectivity index (χ1n) is 6.28. The minimum absolute atomic E-state index is 0.0362. The number of rotatable bonds is 2.